The van der Waals surface area contributed by atoms with Crippen molar-refractivity contribution in [1.82, 2.24) is 9.55 Å². The molecule has 0 radical (unpaired) electrons. The molecule has 4 aromatic rings. The van der Waals surface area contributed by atoms with E-state index in [9.17, 15) is 0 Å². The van der Waals surface area contributed by atoms with Crippen molar-refractivity contribution < 1.29 is 4.42 Å². The van der Waals surface area contributed by atoms with Gasteiger partial charge >= 0.3 is 0 Å². The van der Waals surface area contributed by atoms with Crippen LogP contribution in [0.2, 0.25) is 0 Å². The molecule has 4 nitrogen and oxygen atoms in total. The summed E-state index contributed by atoms with van der Waals surface area (Å²) in [5.41, 5.74) is 7.83. The minimum absolute atomic E-state index is 0.0513. The van der Waals surface area contributed by atoms with Gasteiger partial charge in [0, 0.05) is 11.1 Å². The molecule has 1 atom stereocenters. The highest BCUT2D eigenvalue weighted by Gasteiger charge is 2.29. The zero-order valence-corrected chi connectivity index (χ0v) is 16.2. The molecule has 0 unspecified atom stereocenters. The van der Waals surface area contributed by atoms with Gasteiger partial charge in [0.2, 0.25) is 0 Å². The van der Waals surface area contributed by atoms with Gasteiger partial charge in [-0.3, -0.25) is 9.56 Å². The van der Waals surface area contributed by atoms with Gasteiger partial charge in [-0.2, -0.15) is 0 Å². The summed E-state index contributed by atoms with van der Waals surface area (Å²) >= 11 is 0. The van der Waals surface area contributed by atoms with Crippen molar-refractivity contribution in [3.63, 3.8) is 0 Å². The summed E-state index contributed by atoms with van der Waals surface area (Å²) in [6, 6.07) is 21.1. The molecule has 1 saturated carbocycles. The molecular formula is C25H21N3O. The number of rotatable bonds is 3. The minimum atomic E-state index is -0.0513. The topological polar surface area (TPSA) is 43.3 Å². The third kappa shape index (κ3) is 2.67. The molecule has 3 heterocycles. The van der Waals surface area contributed by atoms with E-state index in [1.165, 1.54) is 24.0 Å². The Kier molecular flexibility index (Phi) is 3.60. The van der Waals surface area contributed by atoms with Crippen molar-refractivity contribution in [3.05, 3.63) is 95.6 Å². The predicted octanol–water partition coefficient (Wildman–Crippen LogP) is 5.92. The first-order valence-electron chi connectivity index (χ1n) is 10.2. The molecule has 2 aromatic heterocycles. The molecule has 0 N–H and O–H groups in total. The number of hydrogen-bond donors (Lipinski definition) is 0. The lowest BCUT2D eigenvalue weighted by molar-refractivity contribution is 0.578. The smallest absolute Gasteiger partial charge is 0.154 e. The van der Waals surface area contributed by atoms with Gasteiger partial charge in [0.1, 0.15) is 12.0 Å². The molecule has 2 aromatic carbocycles. The molecule has 0 bridgehead atoms. The Labute approximate surface area is 169 Å². The molecule has 0 spiro atoms. The van der Waals surface area contributed by atoms with Gasteiger partial charge in [-0.1, -0.05) is 36.4 Å². The third-order valence-electron chi connectivity index (χ3n) is 5.91. The maximum atomic E-state index is 5.67. The molecule has 1 aliphatic carbocycles. The first-order chi connectivity index (χ1) is 14.3. The van der Waals surface area contributed by atoms with Crippen molar-refractivity contribution in [2.75, 3.05) is 0 Å². The van der Waals surface area contributed by atoms with Gasteiger partial charge in [0.15, 0.2) is 5.76 Å². The second-order valence-electron chi connectivity index (χ2n) is 7.90. The van der Waals surface area contributed by atoms with Crippen LogP contribution in [0.3, 0.4) is 0 Å². The maximum Gasteiger partial charge on any atom is 0.154 e. The van der Waals surface area contributed by atoms with Crippen LogP contribution in [0, 0.1) is 0 Å². The van der Waals surface area contributed by atoms with Crippen LogP contribution in [-0.4, -0.2) is 15.3 Å². The summed E-state index contributed by atoms with van der Waals surface area (Å²) in [5, 5.41) is 0. The van der Waals surface area contributed by atoms with E-state index >= 15 is 0 Å². The average molecular weight is 379 g/mol. The monoisotopic (exact) mass is 379 g/mol. The first kappa shape index (κ1) is 16.5. The Morgan fingerprint density at radius 3 is 2.62 bits per heavy atom. The van der Waals surface area contributed by atoms with E-state index in [2.05, 4.69) is 54.0 Å². The normalized spacial score (nSPS) is 18.0. The van der Waals surface area contributed by atoms with Crippen molar-refractivity contribution in [3.8, 4) is 17.1 Å². The fourth-order valence-electron chi connectivity index (χ4n) is 4.33. The van der Waals surface area contributed by atoms with Crippen molar-refractivity contribution in [1.29, 1.82) is 0 Å². The zero-order valence-electron chi connectivity index (χ0n) is 16.2. The summed E-state index contributed by atoms with van der Waals surface area (Å²) in [6.45, 7) is 2.14. The van der Waals surface area contributed by atoms with Gasteiger partial charge < -0.3 is 4.42 Å². The molecule has 29 heavy (non-hydrogen) atoms. The van der Waals surface area contributed by atoms with Gasteiger partial charge in [0.05, 0.1) is 29.4 Å². The SMILES string of the molecule is C[C@@H]1N=C(c2ccccc2)c2cc(C3CC3)ccc2-n2cnc(-c3ccco3)c21. The number of hydrogen-bond acceptors (Lipinski definition) is 3. The summed E-state index contributed by atoms with van der Waals surface area (Å²) in [7, 11) is 0. The number of aliphatic imine (C=N–C) groups is 1. The minimum Gasteiger partial charge on any atom is -0.463 e. The highest BCUT2D eigenvalue weighted by Crippen LogP contribution is 2.42. The molecule has 4 heteroatoms. The van der Waals surface area contributed by atoms with E-state index in [0.29, 0.717) is 5.92 Å². The second kappa shape index (κ2) is 6.31. The summed E-state index contributed by atoms with van der Waals surface area (Å²) in [6.07, 6.45) is 6.16. The lowest BCUT2D eigenvalue weighted by Crippen LogP contribution is -2.07. The zero-order chi connectivity index (χ0) is 19.4. The first-order valence-corrected chi connectivity index (χ1v) is 10.2. The Hall–Kier alpha value is -3.40. The Bertz CT molecular complexity index is 1210. The predicted molar refractivity (Wildman–Crippen MR) is 114 cm³/mol. The summed E-state index contributed by atoms with van der Waals surface area (Å²) < 4.78 is 7.86. The highest BCUT2D eigenvalue weighted by molar-refractivity contribution is 6.15. The van der Waals surface area contributed by atoms with E-state index < -0.39 is 0 Å². The molecule has 0 saturated heterocycles. The van der Waals surface area contributed by atoms with Crippen LogP contribution in [0.15, 0.2) is 82.7 Å². The van der Waals surface area contributed by atoms with Gasteiger partial charge in [0.25, 0.3) is 0 Å². The largest absolute Gasteiger partial charge is 0.463 e. The fourth-order valence-corrected chi connectivity index (χ4v) is 4.33. The Morgan fingerprint density at radius 2 is 1.86 bits per heavy atom. The molecule has 1 aliphatic heterocycles. The molecule has 6 rings (SSSR count). The van der Waals surface area contributed by atoms with Crippen LogP contribution in [0.25, 0.3) is 17.1 Å². The molecule has 0 amide bonds. The van der Waals surface area contributed by atoms with Crippen LogP contribution in [-0.2, 0) is 0 Å². The lowest BCUT2D eigenvalue weighted by atomic mass is 9.97. The number of aromatic nitrogens is 2. The van der Waals surface area contributed by atoms with Gasteiger partial charge in [-0.05, 0) is 55.5 Å². The molecule has 2 aliphatic rings. The number of imidazole rings is 1. The van der Waals surface area contributed by atoms with Gasteiger partial charge in [-0.15, -0.1) is 0 Å². The van der Waals surface area contributed by atoms with E-state index in [0.717, 1.165) is 34.1 Å². The van der Waals surface area contributed by atoms with Crippen molar-refractivity contribution >= 4 is 5.71 Å². The number of benzene rings is 2. The Balaban J connectivity index is 1.62. The standard InChI is InChI=1S/C25H21N3O/c1-16-25-24(22-8-5-13-29-22)26-15-28(25)21-12-11-19(17-9-10-17)14-20(21)23(27-16)18-6-3-2-4-7-18/h2-8,11-17H,9-10H2,1H3/t16-/m0/s1. The van der Waals surface area contributed by atoms with E-state index in [-0.39, 0.29) is 6.04 Å². The number of fused-ring (bicyclic) bond motifs is 3. The number of nitrogens with zero attached hydrogens (tertiary/aromatic N) is 3. The van der Waals surface area contributed by atoms with E-state index in [4.69, 9.17) is 14.4 Å². The van der Waals surface area contributed by atoms with Crippen molar-refractivity contribution in [2.45, 2.75) is 31.7 Å². The lowest BCUT2D eigenvalue weighted by Gasteiger charge is -2.13. The van der Waals surface area contributed by atoms with E-state index in [1.807, 2.05) is 24.5 Å². The van der Waals surface area contributed by atoms with Crippen LogP contribution >= 0.6 is 0 Å². The molecular weight excluding hydrogens is 358 g/mol. The van der Waals surface area contributed by atoms with Crippen molar-refractivity contribution in [2.24, 2.45) is 4.99 Å². The highest BCUT2D eigenvalue weighted by atomic mass is 16.3. The summed E-state index contributed by atoms with van der Waals surface area (Å²) in [5.74, 6) is 1.47. The quantitative estimate of drug-likeness (QED) is 0.443. The third-order valence-corrected chi connectivity index (χ3v) is 5.91. The van der Waals surface area contributed by atoms with Crippen LogP contribution in [0.5, 0.6) is 0 Å². The Morgan fingerprint density at radius 1 is 1.00 bits per heavy atom. The number of furan rings is 1. The fraction of sp³-hybridized carbons (Fsp3) is 0.200. The summed E-state index contributed by atoms with van der Waals surface area (Å²) in [4.78, 5) is 9.91. The average Bonchev–Trinajstić information content (AvgIpc) is 3.31. The second-order valence-corrected chi connectivity index (χ2v) is 7.90. The maximum absolute atomic E-state index is 5.67. The molecule has 142 valence electrons. The van der Waals surface area contributed by atoms with Crippen LogP contribution < -0.4 is 0 Å². The van der Waals surface area contributed by atoms with Crippen LogP contribution in [0.4, 0.5) is 0 Å². The van der Waals surface area contributed by atoms with Crippen LogP contribution in [0.1, 0.15) is 54.1 Å². The van der Waals surface area contributed by atoms with Gasteiger partial charge in [-0.25, -0.2) is 4.98 Å². The van der Waals surface area contributed by atoms with E-state index in [1.54, 1.807) is 6.26 Å². The molecule has 1 fully saturated rings.